The molecule has 1 aliphatic carbocycles. The number of nitrogens with zero attached hydrogens (tertiary/aromatic N) is 1. The zero-order chi connectivity index (χ0) is 23.9. The third-order valence-corrected chi connectivity index (χ3v) is 6.26. The van der Waals surface area contributed by atoms with Crippen LogP contribution in [0.15, 0.2) is 30.3 Å². The molecule has 7 heteroatoms. The molecule has 1 aliphatic rings. The second kappa shape index (κ2) is 15.3. The number of benzene rings is 1. The number of hydrogen-bond donors (Lipinski definition) is 2. The maximum absolute atomic E-state index is 12.8. The second-order valence-corrected chi connectivity index (χ2v) is 9.02. The van der Waals surface area contributed by atoms with Crippen LogP contribution < -0.4 is 5.32 Å². The average molecular weight is 461 g/mol. The van der Waals surface area contributed by atoms with Gasteiger partial charge in [-0.2, -0.15) is 0 Å². The minimum atomic E-state index is -1.02. The molecule has 1 fully saturated rings. The van der Waals surface area contributed by atoms with Crippen molar-refractivity contribution in [2.45, 2.75) is 103 Å². The van der Waals surface area contributed by atoms with E-state index in [2.05, 4.69) is 5.32 Å². The minimum Gasteiger partial charge on any atom is -0.480 e. The first-order chi connectivity index (χ1) is 16.0. The number of aliphatic carboxylic acids is 1. The number of unbranched alkanes of at least 4 members (excludes halogenated alkanes) is 5. The highest BCUT2D eigenvalue weighted by Gasteiger charge is 2.26. The van der Waals surface area contributed by atoms with E-state index in [1.165, 1.54) is 26.2 Å². The van der Waals surface area contributed by atoms with E-state index in [1.54, 1.807) is 0 Å². The van der Waals surface area contributed by atoms with E-state index >= 15 is 0 Å². The molecule has 2 amide bonds. The van der Waals surface area contributed by atoms with Gasteiger partial charge >= 0.3 is 12.1 Å². The summed E-state index contributed by atoms with van der Waals surface area (Å²) in [6, 6.07) is 9.23. The fraction of sp³-hybridized carbons (Fsp3) is 0.654. The predicted octanol–water partition coefficient (Wildman–Crippen LogP) is 5.28. The Balaban J connectivity index is 1.64. The zero-order valence-corrected chi connectivity index (χ0v) is 20.0. The maximum Gasteiger partial charge on any atom is 0.410 e. The molecule has 1 unspecified atom stereocenters. The summed E-state index contributed by atoms with van der Waals surface area (Å²) < 4.78 is 5.63. The third-order valence-electron chi connectivity index (χ3n) is 6.26. The van der Waals surface area contributed by atoms with Gasteiger partial charge in [0.2, 0.25) is 5.91 Å². The molecule has 0 bridgehead atoms. The van der Waals surface area contributed by atoms with E-state index in [9.17, 15) is 14.4 Å². The SMILES string of the molecule is CC(NC(=O)CCCCCCCCN(C(=O)OCc1ccccc1)C1CCCCC1)C(=O)O. The molecule has 0 spiro atoms. The van der Waals surface area contributed by atoms with E-state index in [1.807, 2.05) is 35.2 Å². The number of hydrogen-bond acceptors (Lipinski definition) is 4. The lowest BCUT2D eigenvalue weighted by Crippen LogP contribution is -2.42. The summed E-state index contributed by atoms with van der Waals surface area (Å²) in [5.74, 6) is -1.23. The molecule has 33 heavy (non-hydrogen) atoms. The number of carbonyl (C=O) groups is 3. The van der Waals surface area contributed by atoms with Crippen LogP contribution in [0.25, 0.3) is 0 Å². The van der Waals surface area contributed by atoms with Gasteiger partial charge in [-0.25, -0.2) is 4.79 Å². The van der Waals surface area contributed by atoms with E-state index in [-0.39, 0.29) is 18.0 Å². The van der Waals surface area contributed by atoms with Crippen LogP contribution >= 0.6 is 0 Å². The van der Waals surface area contributed by atoms with E-state index in [4.69, 9.17) is 9.84 Å². The van der Waals surface area contributed by atoms with Gasteiger partial charge in [0.25, 0.3) is 0 Å². The van der Waals surface area contributed by atoms with Crippen LogP contribution in [-0.4, -0.2) is 46.6 Å². The summed E-state index contributed by atoms with van der Waals surface area (Å²) in [5.41, 5.74) is 1.00. The molecule has 0 saturated heterocycles. The second-order valence-electron chi connectivity index (χ2n) is 9.02. The molecular formula is C26H40N2O5. The van der Waals surface area contributed by atoms with Crippen molar-refractivity contribution in [3.63, 3.8) is 0 Å². The molecule has 0 aliphatic heterocycles. The van der Waals surface area contributed by atoms with Crippen molar-refractivity contribution >= 4 is 18.0 Å². The van der Waals surface area contributed by atoms with Gasteiger partial charge < -0.3 is 20.1 Å². The highest BCUT2D eigenvalue weighted by atomic mass is 16.6. The summed E-state index contributed by atoms with van der Waals surface area (Å²) in [4.78, 5) is 37.2. The largest absolute Gasteiger partial charge is 0.480 e. The van der Waals surface area contributed by atoms with Gasteiger partial charge in [-0.15, -0.1) is 0 Å². The van der Waals surface area contributed by atoms with Crippen LogP contribution in [0.5, 0.6) is 0 Å². The number of amides is 2. The average Bonchev–Trinajstić information content (AvgIpc) is 2.82. The van der Waals surface area contributed by atoms with Gasteiger partial charge in [0.1, 0.15) is 12.6 Å². The lowest BCUT2D eigenvalue weighted by Gasteiger charge is -2.33. The Morgan fingerprint density at radius 2 is 1.64 bits per heavy atom. The Labute approximate surface area is 197 Å². The summed E-state index contributed by atoms with van der Waals surface area (Å²) in [5, 5.41) is 11.3. The molecule has 1 aromatic carbocycles. The lowest BCUT2D eigenvalue weighted by molar-refractivity contribution is -0.141. The summed E-state index contributed by atoms with van der Waals surface area (Å²) in [6.07, 6.45) is 11.7. The Kier molecular flexibility index (Phi) is 12.4. The summed E-state index contributed by atoms with van der Waals surface area (Å²) >= 11 is 0. The van der Waals surface area contributed by atoms with Crippen molar-refractivity contribution in [2.24, 2.45) is 0 Å². The predicted molar refractivity (Wildman–Crippen MR) is 128 cm³/mol. The van der Waals surface area contributed by atoms with Gasteiger partial charge in [-0.1, -0.05) is 75.3 Å². The smallest absolute Gasteiger partial charge is 0.410 e. The first kappa shape index (κ1) is 26.7. The number of nitrogens with one attached hydrogen (secondary N) is 1. The van der Waals surface area contributed by atoms with Crippen molar-refractivity contribution in [1.29, 1.82) is 0 Å². The fourth-order valence-corrected chi connectivity index (χ4v) is 4.27. The van der Waals surface area contributed by atoms with E-state index < -0.39 is 12.0 Å². The molecule has 2 rings (SSSR count). The summed E-state index contributed by atoms with van der Waals surface area (Å²) in [6.45, 7) is 2.50. The molecule has 7 nitrogen and oxygen atoms in total. The van der Waals surface area contributed by atoms with Gasteiger partial charge in [0, 0.05) is 19.0 Å². The number of carbonyl (C=O) groups excluding carboxylic acids is 2. The maximum atomic E-state index is 12.8. The Morgan fingerprint density at radius 1 is 1.00 bits per heavy atom. The van der Waals surface area contributed by atoms with Crippen LogP contribution in [0.4, 0.5) is 4.79 Å². The highest BCUT2D eigenvalue weighted by Crippen LogP contribution is 2.24. The fourth-order valence-electron chi connectivity index (χ4n) is 4.27. The van der Waals surface area contributed by atoms with Crippen molar-refractivity contribution in [1.82, 2.24) is 10.2 Å². The molecule has 0 aromatic heterocycles. The molecule has 1 saturated carbocycles. The van der Waals surface area contributed by atoms with Crippen LogP contribution in [0.1, 0.15) is 89.5 Å². The molecule has 0 radical (unpaired) electrons. The number of ether oxygens (including phenoxy) is 1. The molecule has 1 atom stereocenters. The number of carboxylic acid groups (broad SMARTS) is 1. The van der Waals surface area contributed by atoms with Crippen LogP contribution in [0.2, 0.25) is 0 Å². The first-order valence-electron chi connectivity index (χ1n) is 12.5. The first-order valence-corrected chi connectivity index (χ1v) is 12.5. The Bertz CT molecular complexity index is 719. The lowest BCUT2D eigenvalue weighted by atomic mass is 9.94. The molecule has 1 aromatic rings. The molecule has 184 valence electrons. The molecule has 2 N–H and O–H groups in total. The van der Waals surface area contributed by atoms with Crippen molar-refractivity contribution in [3.8, 4) is 0 Å². The number of carboxylic acids is 1. The molecule has 0 heterocycles. The minimum absolute atomic E-state index is 0.202. The summed E-state index contributed by atoms with van der Waals surface area (Å²) in [7, 11) is 0. The Hall–Kier alpha value is -2.57. The highest BCUT2D eigenvalue weighted by molar-refractivity contribution is 5.83. The topological polar surface area (TPSA) is 95.9 Å². The van der Waals surface area contributed by atoms with Crippen LogP contribution in [0.3, 0.4) is 0 Å². The van der Waals surface area contributed by atoms with Gasteiger partial charge in [-0.05, 0) is 38.2 Å². The van der Waals surface area contributed by atoms with Gasteiger partial charge in [-0.3, -0.25) is 9.59 Å². The van der Waals surface area contributed by atoms with Crippen LogP contribution in [0, 0.1) is 0 Å². The zero-order valence-electron chi connectivity index (χ0n) is 20.0. The van der Waals surface area contributed by atoms with Crippen molar-refractivity contribution in [3.05, 3.63) is 35.9 Å². The van der Waals surface area contributed by atoms with Gasteiger partial charge in [0.15, 0.2) is 0 Å². The van der Waals surface area contributed by atoms with Crippen molar-refractivity contribution in [2.75, 3.05) is 6.54 Å². The molecular weight excluding hydrogens is 420 g/mol. The van der Waals surface area contributed by atoms with Gasteiger partial charge in [0.05, 0.1) is 0 Å². The van der Waals surface area contributed by atoms with E-state index in [0.29, 0.717) is 13.0 Å². The third kappa shape index (κ3) is 10.7. The normalized spacial score (nSPS) is 14.9. The van der Waals surface area contributed by atoms with Crippen molar-refractivity contribution < 1.29 is 24.2 Å². The van der Waals surface area contributed by atoms with Crippen LogP contribution in [-0.2, 0) is 20.9 Å². The standard InChI is InChI=1S/C26H40N2O5/c1-21(25(30)31)27-24(29)18-12-4-2-3-5-13-19-28(23-16-10-7-11-17-23)26(32)33-20-22-14-8-6-9-15-22/h6,8-9,14-15,21,23H,2-5,7,10-13,16-20H2,1H3,(H,27,29)(H,30,31). The monoisotopic (exact) mass is 460 g/mol. The number of rotatable bonds is 14. The van der Waals surface area contributed by atoms with E-state index in [0.717, 1.165) is 63.5 Å². The Morgan fingerprint density at radius 3 is 2.30 bits per heavy atom. The quantitative estimate of drug-likeness (QED) is 0.368.